The van der Waals surface area contributed by atoms with Crippen LogP contribution >= 0.6 is 0 Å². The molecule has 1 aromatic heterocycles. The highest BCUT2D eigenvalue weighted by molar-refractivity contribution is 7.89. The molecule has 1 saturated heterocycles. The Labute approximate surface area is 107 Å². The Morgan fingerprint density at radius 3 is 3.06 bits per heavy atom. The van der Waals surface area contributed by atoms with Crippen molar-refractivity contribution in [2.45, 2.75) is 30.3 Å². The molecule has 7 heteroatoms. The molecule has 0 aromatic carbocycles. The molecule has 1 aliphatic rings. The SMILES string of the molecule is CNCc1cc(S(=O)(=O)NC2CCCOC2)c[nH]1. The van der Waals surface area contributed by atoms with E-state index in [1.807, 2.05) is 7.05 Å². The van der Waals surface area contributed by atoms with E-state index >= 15 is 0 Å². The van der Waals surface area contributed by atoms with Gasteiger partial charge in [0.2, 0.25) is 10.0 Å². The van der Waals surface area contributed by atoms with Crippen molar-refractivity contribution in [3.63, 3.8) is 0 Å². The average Bonchev–Trinajstić information content (AvgIpc) is 2.80. The molecule has 1 fully saturated rings. The number of hydrogen-bond acceptors (Lipinski definition) is 4. The van der Waals surface area contributed by atoms with Crippen molar-refractivity contribution >= 4 is 10.0 Å². The molecule has 1 atom stereocenters. The van der Waals surface area contributed by atoms with E-state index in [9.17, 15) is 8.42 Å². The van der Waals surface area contributed by atoms with Crippen LogP contribution in [0.2, 0.25) is 0 Å². The third-order valence-corrected chi connectivity index (χ3v) is 4.38. The molecule has 3 N–H and O–H groups in total. The molecule has 2 heterocycles. The summed E-state index contributed by atoms with van der Waals surface area (Å²) < 4.78 is 32.2. The highest BCUT2D eigenvalue weighted by atomic mass is 32.2. The first-order valence-electron chi connectivity index (χ1n) is 6.04. The third kappa shape index (κ3) is 3.32. The molecule has 2 rings (SSSR count). The van der Waals surface area contributed by atoms with Crippen molar-refractivity contribution in [2.24, 2.45) is 0 Å². The normalized spacial score (nSPS) is 21.1. The number of aromatic amines is 1. The lowest BCUT2D eigenvalue weighted by Gasteiger charge is -2.22. The van der Waals surface area contributed by atoms with Crippen molar-refractivity contribution in [3.8, 4) is 0 Å². The molecule has 0 bridgehead atoms. The van der Waals surface area contributed by atoms with Gasteiger partial charge < -0.3 is 15.0 Å². The first-order valence-corrected chi connectivity index (χ1v) is 7.52. The Morgan fingerprint density at radius 2 is 2.39 bits per heavy atom. The molecule has 1 aliphatic heterocycles. The van der Waals surface area contributed by atoms with Gasteiger partial charge in [-0.3, -0.25) is 0 Å². The highest BCUT2D eigenvalue weighted by Crippen LogP contribution is 2.14. The predicted molar refractivity (Wildman–Crippen MR) is 67.7 cm³/mol. The molecule has 18 heavy (non-hydrogen) atoms. The maximum Gasteiger partial charge on any atom is 0.242 e. The van der Waals surface area contributed by atoms with E-state index in [0.717, 1.165) is 18.5 Å². The number of aromatic nitrogens is 1. The quantitative estimate of drug-likeness (QED) is 0.715. The Hall–Kier alpha value is -0.890. The molecule has 0 spiro atoms. The van der Waals surface area contributed by atoms with Crippen LogP contribution in [0.25, 0.3) is 0 Å². The minimum Gasteiger partial charge on any atom is -0.380 e. The van der Waals surface area contributed by atoms with Gasteiger partial charge >= 0.3 is 0 Å². The summed E-state index contributed by atoms with van der Waals surface area (Å²) in [5.41, 5.74) is 0.845. The lowest BCUT2D eigenvalue weighted by molar-refractivity contribution is 0.0774. The van der Waals surface area contributed by atoms with E-state index in [-0.39, 0.29) is 10.9 Å². The molecular formula is C11H19N3O3S. The van der Waals surface area contributed by atoms with Crippen molar-refractivity contribution < 1.29 is 13.2 Å². The van der Waals surface area contributed by atoms with Crippen LogP contribution in [0.15, 0.2) is 17.2 Å². The van der Waals surface area contributed by atoms with Crippen molar-refractivity contribution in [3.05, 3.63) is 18.0 Å². The van der Waals surface area contributed by atoms with E-state index in [1.54, 1.807) is 6.07 Å². The zero-order valence-corrected chi connectivity index (χ0v) is 11.2. The van der Waals surface area contributed by atoms with Crippen molar-refractivity contribution in [2.75, 3.05) is 20.3 Å². The van der Waals surface area contributed by atoms with Crippen LogP contribution in [-0.4, -0.2) is 39.7 Å². The fraction of sp³-hybridized carbons (Fsp3) is 0.636. The first-order chi connectivity index (χ1) is 8.62. The predicted octanol–water partition coefficient (Wildman–Crippen LogP) is 0.191. The molecular weight excluding hydrogens is 254 g/mol. The van der Waals surface area contributed by atoms with Gasteiger partial charge in [0.1, 0.15) is 0 Å². The maximum absolute atomic E-state index is 12.1. The second-order valence-electron chi connectivity index (χ2n) is 4.43. The van der Waals surface area contributed by atoms with Gasteiger partial charge in [-0.1, -0.05) is 0 Å². The molecule has 102 valence electrons. The van der Waals surface area contributed by atoms with Crippen molar-refractivity contribution in [1.82, 2.24) is 15.0 Å². The highest BCUT2D eigenvalue weighted by Gasteiger charge is 2.23. The summed E-state index contributed by atoms with van der Waals surface area (Å²) in [4.78, 5) is 3.21. The van der Waals surface area contributed by atoms with Gasteiger partial charge in [-0.05, 0) is 26.0 Å². The number of hydrogen-bond donors (Lipinski definition) is 3. The molecule has 0 radical (unpaired) electrons. The van der Waals surface area contributed by atoms with E-state index in [1.165, 1.54) is 6.20 Å². The summed E-state index contributed by atoms with van der Waals surface area (Å²) in [6.45, 7) is 1.78. The molecule has 1 unspecified atom stereocenters. The Balaban J connectivity index is 2.04. The second-order valence-corrected chi connectivity index (χ2v) is 6.14. The van der Waals surface area contributed by atoms with Gasteiger partial charge in [-0.15, -0.1) is 0 Å². The summed E-state index contributed by atoms with van der Waals surface area (Å²) in [7, 11) is -1.63. The molecule has 0 amide bonds. The van der Waals surface area contributed by atoms with Crippen LogP contribution in [-0.2, 0) is 21.3 Å². The zero-order chi connectivity index (χ0) is 13.0. The molecule has 1 aromatic rings. The number of nitrogens with one attached hydrogen (secondary N) is 3. The monoisotopic (exact) mass is 273 g/mol. The zero-order valence-electron chi connectivity index (χ0n) is 10.4. The van der Waals surface area contributed by atoms with Crippen LogP contribution in [0.3, 0.4) is 0 Å². The second kappa shape index (κ2) is 5.83. The van der Waals surface area contributed by atoms with Gasteiger partial charge in [0.15, 0.2) is 0 Å². The Bertz CT molecular complexity index is 477. The van der Waals surface area contributed by atoms with E-state index in [2.05, 4.69) is 15.0 Å². The van der Waals surface area contributed by atoms with Gasteiger partial charge in [0.05, 0.1) is 11.5 Å². The number of ether oxygens (including phenoxy) is 1. The number of sulfonamides is 1. The van der Waals surface area contributed by atoms with Crippen LogP contribution in [0.5, 0.6) is 0 Å². The minimum absolute atomic E-state index is 0.119. The largest absolute Gasteiger partial charge is 0.380 e. The Kier molecular flexibility index (Phi) is 4.39. The lowest BCUT2D eigenvalue weighted by Crippen LogP contribution is -2.40. The molecule has 6 nitrogen and oxygen atoms in total. The van der Waals surface area contributed by atoms with Crippen LogP contribution < -0.4 is 10.0 Å². The topological polar surface area (TPSA) is 83.2 Å². The summed E-state index contributed by atoms with van der Waals surface area (Å²) in [6.07, 6.45) is 3.23. The third-order valence-electron chi connectivity index (χ3n) is 2.88. The van der Waals surface area contributed by atoms with Crippen molar-refractivity contribution in [1.29, 1.82) is 0 Å². The Morgan fingerprint density at radius 1 is 1.56 bits per heavy atom. The standard InChI is InChI=1S/C11H19N3O3S/c1-12-6-10-5-11(7-13-10)18(15,16)14-9-3-2-4-17-8-9/h5,7,9,12-14H,2-4,6,8H2,1H3. The lowest BCUT2D eigenvalue weighted by atomic mass is 10.1. The summed E-state index contributed by atoms with van der Waals surface area (Å²) in [6, 6.07) is 1.52. The van der Waals surface area contributed by atoms with Gasteiger partial charge in [0.25, 0.3) is 0 Å². The average molecular weight is 273 g/mol. The summed E-state index contributed by atoms with van der Waals surface area (Å²) in [5, 5.41) is 2.96. The number of rotatable bonds is 5. The minimum atomic E-state index is -3.45. The first kappa shape index (κ1) is 13.5. The van der Waals surface area contributed by atoms with Gasteiger partial charge in [-0.2, -0.15) is 0 Å². The fourth-order valence-corrected chi connectivity index (χ4v) is 3.26. The summed E-state index contributed by atoms with van der Waals surface area (Å²) in [5.74, 6) is 0. The van der Waals surface area contributed by atoms with Crippen LogP contribution in [0.1, 0.15) is 18.5 Å². The fourth-order valence-electron chi connectivity index (χ4n) is 1.99. The molecule has 0 saturated carbocycles. The molecule has 0 aliphatic carbocycles. The van der Waals surface area contributed by atoms with Crippen LogP contribution in [0, 0.1) is 0 Å². The van der Waals surface area contributed by atoms with E-state index in [0.29, 0.717) is 19.8 Å². The van der Waals surface area contributed by atoms with E-state index < -0.39 is 10.0 Å². The van der Waals surface area contributed by atoms with Crippen LogP contribution in [0.4, 0.5) is 0 Å². The van der Waals surface area contributed by atoms with Gasteiger partial charge in [-0.25, -0.2) is 13.1 Å². The smallest absolute Gasteiger partial charge is 0.242 e. The number of H-pyrrole nitrogens is 1. The van der Waals surface area contributed by atoms with Gasteiger partial charge in [0, 0.05) is 31.1 Å². The summed E-state index contributed by atoms with van der Waals surface area (Å²) >= 11 is 0. The maximum atomic E-state index is 12.1. The van der Waals surface area contributed by atoms with E-state index in [4.69, 9.17) is 4.74 Å².